The minimum atomic E-state index is -0.841. The highest BCUT2D eigenvalue weighted by atomic mass is 16.5. The SMILES string of the molecule is C=C(/C=C\N=C/C)[C@@H]1C[C@@H](C(=O)N[C@H](C#N)C[C@@H]2CCNC2=O)N(C(=O)c2cc3c(OC)cccc3[nH]2)C1. The second-order valence-electron chi connectivity index (χ2n) is 9.51. The Labute approximate surface area is 221 Å². The number of rotatable bonds is 9. The summed E-state index contributed by atoms with van der Waals surface area (Å²) in [6.07, 6.45) is 6.26. The smallest absolute Gasteiger partial charge is 0.271 e. The average Bonchev–Trinajstić information content (AvgIpc) is 3.66. The number of benzene rings is 1. The third-order valence-electron chi connectivity index (χ3n) is 7.14. The molecule has 10 heteroatoms. The molecule has 0 bridgehead atoms. The van der Waals surface area contributed by atoms with Gasteiger partial charge in [-0.15, -0.1) is 0 Å². The van der Waals surface area contributed by atoms with Crippen molar-refractivity contribution in [3.05, 3.63) is 54.4 Å². The number of amides is 3. The largest absolute Gasteiger partial charge is 0.496 e. The van der Waals surface area contributed by atoms with E-state index in [0.717, 1.165) is 16.5 Å². The van der Waals surface area contributed by atoms with Crippen LogP contribution >= 0.6 is 0 Å². The third-order valence-corrected chi connectivity index (χ3v) is 7.14. The van der Waals surface area contributed by atoms with E-state index < -0.39 is 18.0 Å². The number of ether oxygens (including phenoxy) is 1. The zero-order chi connectivity index (χ0) is 27.2. The van der Waals surface area contributed by atoms with Crippen molar-refractivity contribution in [3.8, 4) is 11.8 Å². The van der Waals surface area contributed by atoms with Crippen molar-refractivity contribution >= 4 is 34.8 Å². The monoisotopic (exact) mass is 516 g/mol. The van der Waals surface area contributed by atoms with Crippen LogP contribution in [0.15, 0.2) is 53.7 Å². The van der Waals surface area contributed by atoms with Crippen LogP contribution in [-0.4, -0.2) is 66.1 Å². The van der Waals surface area contributed by atoms with Gasteiger partial charge in [-0.3, -0.25) is 19.4 Å². The van der Waals surface area contributed by atoms with Gasteiger partial charge in [-0.1, -0.05) is 12.6 Å². The number of carbonyl (C=O) groups excluding carboxylic acids is 3. The zero-order valence-corrected chi connectivity index (χ0v) is 21.6. The van der Waals surface area contributed by atoms with Crippen molar-refractivity contribution < 1.29 is 19.1 Å². The van der Waals surface area contributed by atoms with Gasteiger partial charge in [-0.2, -0.15) is 5.26 Å². The van der Waals surface area contributed by atoms with Gasteiger partial charge >= 0.3 is 0 Å². The first-order valence-electron chi connectivity index (χ1n) is 12.6. The number of hydrogen-bond donors (Lipinski definition) is 3. The van der Waals surface area contributed by atoms with Gasteiger partial charge in [0.05, 0.1) is 13.2 Å². The molecule has 2 saturated heterocycles. The summed E-state index contributed by atoms with van der Waals surface area (Å²) in [6.45, 7) is 6.78. The van der Waals surface area contributed by atoms with Crippen LogP contribution in [0, 0.1) is 23.2 Å². The van der Waals surface area contributed by atoms with Gasteiger partial charge in [0.15, 0.2) is 0 Å². The van der Waals surface area contributed by atoms with E-state index in [1.54, 1.807) is 38.6 Å². The Hall–Kier alpha value is -4.39. The normalized spacial score (nSPS) is 22.1. The molecule has 2 aliphatic rings. The molecular formula is C28H32N6O4. The lowest BCUT2D eigenvalue weighted by atomic mass is 9.96. The average molecular weight is 517 g/mol. The minimum absolute atomic E-state index is 0.107. The molecule has 3 N–H and O–H groups in total. The van der Waals surface area contributed by atoms with Crippen molar-refractivity contribution in [2.24, 2.45) is 16.8 Å². The van der Waals surface area contributed by atoms with E-state index in [4.69, 9.17) is 4.74 Å². The van der Waals surface area contributed by atoms with Gasteiger partial charge in [0, 0.05) is 48.2 Å². The molecule has 4 rings (SSSR count). The third kappa shape index (κ3) is 5.62. The number of allylic oxidation sites excluding steroid dienone is 1. The topological polar surface area (TPSA) is 140 Å². The number of carbonyl (C=O) groups is 3. The molecule has 38 heavy (non-hydrogen) atoms. The lowest BCUT2D eigenvalue weighted by Gasteiger charge is -2.25. The molecule has 3 amide bonds. The fraction of sp³-hybridized carbons (Fsp3) is 0.393. The molecule has 2 fully saturated rings. The maximum atomic E-state index is 13.7. The molecule has 4 atom stereocenters. The van der Waals surface area contributed by atoms with E-state index in [-0.39, 0.29) is 36.6 Å². The van der Waals surface area contributed by atoms with Crippen molar-refractivity contribution in [3.63, 3.8) is 0 Å². The first kappa shape index (κ1) is 26.7. The maximum Gasteiger partial charge on any atom is 0.271 e. The molecule has 10 nitrogen and oxygen atoms in total. The van der Waals surface area contributed by atoms with Crippen LogP contribution in [0.4, 0.5) is 0 Å². The number of nitrogens with one attached hydrogen (secondary N) is 3. The molecule has 0 aliphatic carbocycles. The first-order chi connectivity index (χ1) is 18.4. The number of likely N-dealkylation sites (tertiary alicyclic amines) is 1. The molecule has 0 saturated carbocycles. The summed E-state index contributed by atoms with van der Waals surface area (Å²) in [5, 5.41) is 16.0. The Bertz CT molecular complexity index is 1340. The Kier molecular flexibility index (Phi) is 8.26. The van der Waals surface area contributed by atoms with Crippen LogP contribution in [0.5, 0.6) is 5.75 Å². The Balaban J connectivity index is 1.57. The van der Waals surface area contributed by atoms with Crippen LogP contribution in [0.25, 0.3) is 10.9 Å². The van der Waals surface area contributed by atoms with E-state index in [2.05, 4.69) is 33.3 Å². The summed E-state index contributed by atoms with van der Waals surface area (Å²) < 4.78 is 5.42. The second kappa shape index (κ2) is 11.8. The van der Waals surface area contributed by atoms with Gasteiger partial charge in [-0.05, 0) is 56.0 Å². The Morgan fingerprint density at radius 1 is 1.42 bits per heavy atom. The molecule has 1 aromatic heterocycles. The quantitative estimate of drug-likeness (QED) is 0.347. The molecular weight excluding hydrogens is 484 g/mol. The molecule has 1 aromatic carbocycles. The first-order valence-corrected chi connectivity index (χ1v) is 12.6. The lowest BCUT2D eigenvalue weighted by molar-refractivity contribution is -0.126. The summed E-state index contributed by atoms with van der Waals surface area (Å²) in [7, 11) is 1.57. The van der Waals surface area contributed by atoms with E-state index >= 15 is 0 Å². The summed E-state index contributed by atoms with van der Waals surface area (Å²) in [5.74, 6) is -0.725. The van der Waals surface area contributed by atoms with Crippen LogP contribution < -0.4 is 15.4 Å². The number of H-pyrrole nitrogens is 1. The zero-order valence-electron chi connectivity index (χ0n) is 21.6. The van der Waals surface area contributed by atoms with Gasteiger partial charge in [0.25, 0.3) is 5.91 Å². The van der Waals surface area contributed by atoms with Crippen LogP contribution in [0.2, 0.25) is 0 Å². The molecule has 0 radical (unpaired) electrons. The predicted molar refractivity (Wildman–Crippen MR) is 144 cm³/mol. The molecule has 2 aliphatic heterocycles. The number of aromatic nitrogens is 1. The van der Waals surface area contributed by atoms with Crippen molar-refractivity contribution in [1.82, 2.24) is 20.5 Å². The van der Waals surface area contributed by atoms with Crippen LogP contribution in [0.1, 0.15) is 36.7 Å². The number of nitrogens with zero attached hydrogens (tertiary/aromatic N) is 3. The molecule has 0 unspecified atom stereocenters. The number of hydrogen-bond acceptors (Lipinski definition) is 6. The Morgan fingerprint density at radius 2 is 2.24 bits per heavy atom. The summed E-state index contributed by atoms with van der Waals surface area (Å²) in [4.78, 5) is 47.9. The summed E-state index contributed by atoms with van der Waals surface area (Å²) >= 11 is 0. The second-order valence-corrected chi connectivity index (χ2v) is 9.51. The minimum Gasteiger partial charge on any atom is -0.496 e. The van der Waals surface area contributed by atoms with E-state index in [1.807, 2.05) is 18.2 Å². The number of aliphatic imine (C=N–C) groups is 1. The number of nitriles is 1. The van der Waals surface area contributed by atoms with Gasteiger partial charge in [-0.25, -0.2) is 0 Å². The molecule has 198 valence electrons. The summed E-state index contributed by atoms with van der Waals surface area (Å²) in [5.41, 5.74) is 1.83. The molecule has 3 heterocycles. The van der Waals surface area contributed by atoms with Crippen LogP contribution in [-0.2, 0) is 9.59 Å². The predicted octanol–water partition coefficient (Wildman–Crippen LogP) is 2.70. The highest BCUT2D eigenvalue weighted by molar-refractivity contribution is 6.01. The van der Waals surface area contributed by atoms with E-state index in [1.165, 1.54) is 4.90 Å². The van der Waals surface area contributed by atoms with Crippen molar-refractivity contribution in [1.29, 1.82) is 5.26 Å². The standard InChI is InChI=1S/C28H32N6O4/c1-4-30-10-8-17(2)19-13-24(27(36)32-20(15-29)12-18-9-11-31-26(18)35)34(16-19)28(37)23-14-21-22(33-23)6-5-7-25(21)38-3/h4-8,10,14,18-20,24,33H,2,9,11-13,16H2,1,3H3,(H,31,35)(H,32,36)/b10-8-,30-4-/t18-,19+,20-,24-/m0/s1. The maximum absolute atomic E-state index is 13.7. The lowest BCUT2D eigenvalue weighted by Crippen LogP contribution is -2.49. The highest BCUT2D eigenvalue weighted by Crippen LogP contribution is 2.32. The number of fused-ring (bicyclic) bond motifs is 1. The Morgan fingerprint density at radius 3 is 2.92 bits per heavy atom. The van der Waals surface area contributed by atoms with Crippen molar-refractivity contribution in [2.45, 2.75) is 38.3 Å². The number of methoxy groups -OCH3 is 1. The van der Waals surface area contributed by atoms with Crippen LogP contribution in [0.3, 0.4) is 0 Å². The van der Waals surface area contributed by atoms with Gasteiger partial charge < -0.3 is 25.3 Å². The molecule has 2 aromatic rings. The highest BCUT2D eigenvalue weighted by Gasteiger charge is 2.41. The van der Waals surface area contributed by atoms with Gasteiger partial charge in [0.2, 0.25) is 11.8 Å². The van der Waals surface area contributed by atoms with E-state index in [0.29, 0.717) is 30.8 Å². The summed E-state index contributed by atoms with van der Waals surface area (Å²) in [6, 6.07) is 7.66. The van der Waals surface area contributed by atoms with E-state index in [9.17, 15) is 19.6 Å². The molecule has 0 spiro atoms. The number of aromatic amines is 1. The van der Waals surface area contributed by atoms with Crippen molar-refractivity contribution in [2.75, 3.05) is 20.2 Å². The fourth-order valence-corrected chi connectivity index (χ4v) is 5.08. The van der Waals surface area contributed by atoms with Gasteiger partial charge in [0.1, 0.15) is 23.5 Å². The fourth-order valence-electron chi connectivity index (χ4n) is 5.08.